The predicted octanol–water partition coefficient (Wildman–Crippen LogP) is 2.26. The maximum absolute atomic E-state index is 11.9. The first-order valence-electron chi connectivity index (χ1n) is 7.43. The normalized spacial score (nSPS) is 11.8. The van der Waals surface area contributed by atoms with Crippen LogP contribution in [0.25, 0.3) is 0 Å². The zero-order valence-electron chi connectivity index (χ0n) is 13.0. The summed E-state index contributed by atoms with van der Waals surface area (Å²) in [5.41, 5.74) is 0.742. The number of unbranched alkanes of at least 4 members (excludes halogenated alkanes) is 1. The monoisotopic (exact) mass is 295 g/mol. The molecule has 1 rings (SSSR count). The van der Waals surface area contributed by atoms with Gasteiger partial charge < -0.3 is 19.9 Å². The van der Waals surface area contributed by atoms with Crippen LogP contribution in [0.1, 0.15) is 39.2 Å². The maximum atomic E-state index is 11.9. The Morgan fingerprint density at radius 2 is 2.10 bits per heavy atom. The Hall–Kier alpha value is -1.75. The van der Waals surface area contributed by atoms with Crippen LogP contribution in [-0.4, -0.2) is 30.3 Å². The van der Waals surface area contributed by atoms with Crippen molar-refractivity contribution >= 4 is 5.91 Å². The number of hydrogen-bond acceptors (Lipinski definition) is 4. The fourth-order valence-electron chi connectivity index (χ4n) is 1.79. The Bertz CT molecular complexity index is 448. The first kappa shape index (κ1) is 17.3. The van der Waals surface area contributed by atoms with Crippen LogP contribution in [0.3, 0.4) is 0 Å². The number of hydrogen-bond donors (Lipinski definition) is 2. The summed E-state index contributed by atoms with van der Waals surface area (Å²) in [5.74, 6) is 0.904. The third kappa shape index (κ3) is 5.63. The molecular weight excluding hydrogens is 270 g/mol. The van der Waals surface area contributed by atoms with Gasteiger partial charge in [-0.25, -0.2) is 0 Å². The molecule has 21 heavy (non-hydrogen) atoms. The first-order chi connectivity index (χ1) is 10.1. The second-order valence-electron chi connectivity index (χ2n) is 4.78. The van der Waals surface area contributed by atoms with Gasteiger partial charge in [0.2, 0.25) is 0 Å². The molecular formula is C16H25NO4. The highest BCUT2D eigenvalue weighted by Crippen LogP contribution is 2.29. The third-order valence-corrected chi connectivity index (χ3v) is 2.99. The Morgan fingerprint density at radius 3 is 2.71 bits per heavy atom. The second kappa shape index (κ2) is 9.23. The van der Waals surface area contributed by atoms with E-state index in [1.54, 1.807) is 25.1 Å². The van der Waals surface area contributed by atoms with Crippen molar-refractivity contribution in [1.82, 2.24) is 5.32 Å². The van der Waals surface area contributed by atoms with Crippen molar-refractivity contribution in [1.29, 1.82) is 0 Å². The fourth-order valence-corrected chi connectivity index (χ4v) is 1.79. The molecule has 5 nitrogen and oxygen atoms in total. The van der Waals surface area contributed by atoms with Crippen LogP contribution in [0, 0.1) is 0 Å². The minimum atomic E-state index is -0.596. The molecule has 1 aromatic carbocycles. The van der Waals surface area contributed by atoms with Gasteiger partial charge in [0.1, 0.15) is 0 Å². The highest BCUT2D eigenvalue weighted by Gasteiger charge is 2.16. The lowest BCUT2D eigenvalue weighted by atomic mass is 10.2. The average molecular weight is 295 g/mol. The third-order valence-electron chi connectivity index (χ3n) is 2.99. The molecule has 118 valence electrons. The summed E-state index contributed by atoms with van der Waals surface area (Å²) in [4.78, 5) is 11.9. The van der Waals surface area contributed by atoms with E-state index in [-0.39, 0.29) is 12.5 Å². The molecule has 1 atom stereocenters. The molecule has 2 N–H and O–H groups in total. The van der Waals surface area contributed by atoms with E-state index < -0.39 is 6.10 Å². The number of ether oxygens (including phenoxy) is 2. The number of benzene rings is 1. The van der Waals surface area contributed by atoms with Crippen LogP contribution in [0.5, 0.6) is 11.5 Å². The van der Waals surface area contributed by atoms with Gasteiger partial charge in [0.25, 0.3) is 5.91 Å². The van der Waals surface area contributed by atoms with Crippen LogP contribution in [0.15, 0.2) is 18.2 Å². The Balaban J connectivity index is 2.69. The number of aliphatic hydroxyl groups is 1. The first-order valence-corrected chi connectivity index (χ1v) is 7.43. The summed E-state index contributed by atoms with van der Waals surface area (Å²) in [5, 5.41) is 12.0. The second-order valence-corrected chi connectivity index (χ2v) is 4.78. The van der Waals surface area contributed by atoms with E-state index in [2.05, 4.69) is 12.2 Å². The lowest BCUT2D eigenvalue weighted by Crippen LogP contribution is -2.36. The highest BCUT2D eigenvalue weighted by atomic mass is 16.5. The van der Waals surface area contributed by atoms with Gasteiger partial charge >= 0.3 is 0 Å². The van der Waals surface area contributed by atoms with Crippen LogP contribution in [0.2, 0.25) is 0 Å². The largest absolute Gasteiger partial charge is 0.490 e. The van der Waals surface area contributed by atoms with Gasteiger partial charge in [-0.2, -0.15) is 0 Å². The molecule has 0 aliphatic rings. The SMILES string of the molecule is CCCCNC(=O)C(C)Oc1ccc(CO)cc1OCC. The quantitative estimate of drug-likeness (QED) is 0.686. The van der Waals surface area contributed by atoms with Gasteiger partial charge in [0.15, 0.2) is 17.6 Å². The molecule has 0 spiro atoms. The molecule has 0 aliphatic carbocycles. The standard InChI is InChI=1S/C16H25NO4/c1-4-6-9-17-16(19)12(3)21-14-8-7-13(11-18)10-15(14)20-5-2/h7-8,10,12,18H,4-6,9,11H2,1-3H3,(H,17,19). The van der Waals surface area contributed by atoms with Crippen molar-refractivity contribution in [2.45, 2.75) is 46.3 Å². The smallest absolute Gasteiger partial charge is 0.260 e. The predicted molar refractivity (Wildman–Crippen MR) is 81.5 cm³/mol. The molecule has 0 fully saturated rings. The Morgan fingerprint density at radius 1 is 1.33 bits per heavy atom. The summed E-state index contributed by atoms with van der Waals surface area (Å²) >= 11 is 0. The lowest BCUT2D eigenvalue weighted by Gasteiger charge is -2.17. The van der Waals surface area contributed by atoms with Gasteiger partial charge in [-0.05, 0) is 38.0 Å². The van der Waals surface area contributed by atoms with Crippen molar-refractivity contribution in [2.24, 2.45) is 0 Å². The van der Waals surface area contributed by atoms with Crippen LogP contribution in [0.4, 0.5) is 0 Å². The van der Waals surface area contributed by atoms with Crippen LogP contribution >= 0.6 is 0 Å². The van der Waals surface area contributed by atoms with Gasteiger partial charge in [0, 0.05) is 6.54 Å². The van der Waals surface area contributed by atoms with E-state index in [0.29, 0.717) is 24.7 Å². The molecule has 0 saturated carbocycles. The van der Waals surface area contributed by atoms with Crippen molar-refractivity contribution in [3.05, 3.63) is 23.8 Å². The molecule has 1 aromatic rings. The average Bonchev–Trinajstić information content (AvgIpc) is 2.49. The fraction of sp³-hybridized carbons (Fsp3) is 0.562. The number of aliphatic hydroxyl groups excluding tert-OH is 1. The minimum Gasteiger partial charge on any atom is -0.490 e. The van der Waals surface area contributed by atoms with Crippen molar-refractivity contribution in [2.75, 3.05) is 13.2 Å². The molecule has 1 amide bonds. The van der Waals surface area contributed by atoms with Crippen molar-refractivity contribution in [3.8, 4) is 11.5 Å². The van der Waals surface area contributed by atoms with E-state index in [4.69, 9.17) is 14.6 Å². The molecule has 5 heteroatoms. The number of carbonyl (C=O) groups excluding carboxylic acids is 1. The summed E-state index contributed by atoms with van der Waals surface area (Å²) in [7, 11) is 0. The number of amides is 1. The maximum Gasteiger partial charge on any atom is 0.260 e. The van der Waals surface area contributed by atoms with E-state index in [9.17, 15) is 4.79 Å². The van der Waals surface area contributed by atoms with Crippen molar-refractivity contribution < 1.29 is 19.4 Å². The van der Waals surface area contributed by atoms with E-state index in [1.807, 2.05) is 6.92 Å². The zero-order valence-corrected chi connectivity index (χ0v) is 13.0. The van der Waals surface area contributed by atoms with E-state index >= 15 is 0 Å². The van der Waals surface area contributed by atoms with Crippen LogP contribution in [-0.2, 0) is 11.4 Å². The van der Waals surface area contributed by atoms with E-state index in [0.717, 1.165) is 18.4 Å². The molecule has 0 heterocycles. The van der Waals surface area contributed by atoms with E-state index in [1.165, 1.54) is 0 Å². The summed E-state index contributed by atoms with van der Waals surface area (Å²) in [6, 6.07) is 5.19. The molecule has 0 saturated heterocycles. The number of nitrogens with one attached hydrogen (secondary N) is 1. The Labute approximate surface area is 126 Å². The highest BCUT2D eigenvalue weighted by molar-refractivity contribution is 5.80. The van der Waals surface area contributed by atoms with Crippen LogP contribution < -0.4 is 14.8 Å². The molecule has 0 aliphatic heterocycles. The number of carbonyl (C=O) groups is 1. The summed E-state index contributed by atoms with van der Waals surface area (Å²) < 4.78 is 11.2. The summed E-state index contributed by atoms with van der Waals surface area (Å²) in [6.07, 6.45) is 1.39. The molecule has 0 bridgehead atoms. The molecule has 0 radical (unpaired) electrons. The molecule has 1 unspecified atom stereocenters. The molecule has 0 aromatic heterocycles. The summed E-state index contributed by atoms with van der Waals surface area (Å²) in [6.45, 7) is 6.73. The van der Waals surface area contributed by atoms with Gasteiger partial charge in [-0.1, -0.05) is 19.4 Å². The minimum absolute atomic E-state index is 0.0621. The van der Waals surface area contributed by atoms with Gasteiger partial charge in [-0.3, -0.25) is 4.79 Å². The lowest BCUT2D eigenvalue weighted by molar-refractivity contribution is -0.127. The van der Waals surface area contributed by atoms with Gasteiger partial charge in [0.05, 0.1) is 13.2 Å². The van der Waals surface area contributed by atoms with Crippen molar-refractivity contribution in [3.63, 3.8) is 0 Å². The number of rotatable bonds is 9. The van der Waals surface area contributed by atoms with Gasteiger partial charge in [-0.15, -0.1) is 0 Å². The Kier molecular flexibility index (Phi) is 7.61. The topological polar surface area (TPSA) is 67.8 Å². The zero-order chi connectivity index (χ0) is 15.7.